The number of nitrogens with one attached hydrogen (secondary N) is 1. The summed E-state index contributed by atoms with van der Waals surface area (Å²) in [4.78, 5) is 11.8. The van der Waals surface area contributed by atoms with Crippen molar-refractivity contribution in [3.8, 4) is 0 Å². The summed E-state index contributed by atoms with van der Waals surface area (Å²) in [6, 6.07) is 9.09. The maximum atomic E-state index is 11.8. The van der Waals surface area contributed by atoms with Crippen molar-refractivity contribution < 1.29 is 9.53 Å². The Bertz CT molecular complexity index is 671. The first-order valence-corrected chi connectivity index (χ1v) is 8.40. The van der Waals surface area contributed by atoms with Crippen molar-refractivity contribution in [2.75, 3.05) is 13.2 Å². The van der Waals surface area contributed by atoms with Gasteiger partial charge in [0.15, 0.2) is 0 Å². The van der Waals surface area contributed by atoms with E-state index >= 15 is 0 Å². The van der Waals surface area contributed by atoms with Crippen molar-refractivity contribution >= 4 is 5.91 Å². The molecule has 24 heavy (non-hydrogen) atoms. The van der Waals surface area contributed by atoms with Crippen LogP contribution in [0.4, 0.5) is 0 Å². The van der Waals surface area contributed by atoms with Crippen molar-refractivity contribution in [2.24, 2.45) is 11.7 Å². The first kappa shape index (κ1) is 16.7. The maximum absolute atomic E-state index is 11.8. The highest BCUT2D eigenvalue weighted by Crippen LogP contribution is 2.34. The molecule has 6 heteroatoms. The normalized spacial score (nSPS) is 21.7. The van der Waals surface area contributed by atoms with Crippen LogP contribution >= 0.6 is 0 Å². The van der Waals surface area contributed by atoms with E-state index in [1.807, 2.05) is 47.4 Å². The third-order valence-electron chi connectivity index (χ3n) is 4.52. The average Bonchev–Trinajstić information content (AvgIpc) is 3.24. The second-order valence-electron chi connectivity index (χ2n) is 6.12. The Hall–Kier alpha value is -2.18. The lowest BCUT2D eigenvalue weighted by Crippen LogP contribution is -2.37. The SMILES string of the molecule is CCn1cc([C@@H]2OCC[C@H]2CN[C@H](C(N)=O)c2ccccc2)cn1. The highest BCUT2D eigenvalue weighted by Gasteiger charge is 2.31. The summed E-state index contributed by atoms with van der Waals surface area (Å²) in [6.07, 6.45) is 4.87. The van der Waals surface area contributed by atoms with Gasteiger partial charge in [-0.05, 0) is 18.9 Å². The number of primary amides is 1. The molecule has 2 heterocycles. The van der Waals surface area contributed by atoms with E-state index in [9.17, 15) is 4.79 Å². The van der Waals surface area contributed by atoms with Gasteiger partial charge in [-0.2, -0.15) is 5.10 Å². The van der Waals surface area contributed by atoms with E-state index in [0.29, 0.717) is 12.5 Å². The largest absolute Gasteiger partial charge is 0.373 e. The molecule has 128 valence electrons. The van der Waals surface area contributed by atoms with Gasteiger partial charge in [-0.25, -0.2) is 0 Å². The van der Waals surface area contributed by atoms with Gasteiger partial charge in [0.05, 0.1) is 12.3 Å². The minimum Gasteiger partial charge on any atom is -0.373 e. The number of amides is 1. The number of hydrogen-bond acceptors (Lipinski definition) is 4. The van der Waals surface area contributed by atoms with Gasteiger partial charge >= 0.3 is 0 Å². The third-order valence-corrected chi connectivity index (χ3v) is 4.52. The fourth-order valence-corrected chi connectivity index (χ4v) is 3.21. The predicted molar refractivity (Wildman–Crippen MR) is 91.1 cm³/mol. The Morgan fingerprint density at radius 3 is 2.92 bits per heavy atom. The molecule has 1 aromatic carbocycles. The predicted octanol–water partition coefficient (Wildman–Crippen LogP) is 1.80. The molecule has 1 aliphatic heterocycles. The molecule has 1 saturated heterocycles. The van der Waals surface area contributed by atoms with Gasteiger partial charge in [0.1, 0.15) is 6.04 Å². The van der Waals surface area contributed by atoms with Crippen LogP contribution in [0.2, 0.25) is 0 Å². The van der Waals surface area contributed by atoms with Crippen LogP contribution in [0.5, 0.6) is 0 Å². The topological polar surface area (TPSA) is 82.2 Å². The second kappa shape index (κ2) is 7.59. The highest BCUT2D eigenvalue weighted by molar-refractivity contribution is 5.81. The van der Waals surface area contributed by atoms with Crippen molar-refractivity contribution in [1.82, 2.24) is 15.1 Å². The minimum absolute atomic E-state index is 0.0158. The van der Waals surface area contributed by atoms with Crippen molar-refractivity contribution in [2.45, 2.75) is 32.0 Å². The summed E-state index contributed by atoms with van der Waals surface area (Å²) in [5, 5.41) is 7.64. The van der Waals surface area contributed by atoms with E-state index in [0.717, 1.165) is 30.7 Å². The fraction of sp³-hybridized carbons (Fsp3) is 0.444. The number of hydrogen-bond donors (Lipinski definition) is 2. The molecule has 0 saturated carbocycles. The minimum atomic E-state index is -0.481. The molecular formula is C18H24N4O2. The monoisotopic (exact) mass is 328 g/mol. The molecule has 0 unspecified atom stereocenters. The van der Waals surface area contributed by atoms with Crippen LogP contribution in [-0.4, -0.2) is 28.8 Å². The number of aromatic nitrogens is 2. The number of carbonyl (C=O) groups is 1. The van der Waals surface area contributed by atoms with E-state index < -0.39 is 6.04 Å². The number of rotatable bonds is 7. The van der Waals surface area contributed by atoms with Gasteiger partial charge in [-0.3, -0.25) is 9.48 Å². The van der Waals surface area contributed by atoms with E-state index in [1.54, 1.807) is 0 Å². The highest BCUT2D eigenvalue weighted by atomic mass is 16.5. The summed E-state index contributed by atoms with van der Waals surface area (Å²) in [5.74, 6) is -0.0689. The standard InChI is InChI=1S/C18H24N4O2/c1-2-22-12-15(11-21-22)17-14(8-9-24-17)10-20-16(18(19)23)13-6-4-3-5-7-13/h3-7,11-12,14,16-17,20H,2,8-10H2,1H3,(H2,19,23)/t14-,16-,17+/m0/s1. The Morgan fingerprint density at radius 2 is 2.25 bits per heavy atom. The van der Waals surface area contributed by atoms with Crippen LogP contribution in [0.1, 0.15) is 36.6 Å². The van der Waals surface area contributed by atoms with Crippen molar-refractivity contribution in [1.29, 1.82) is 0 Å². The van der Waals surface area contributed by atoms with E-state index in [2.05, 4.69) is 17.3 Å². The zero-order chi connectivity index (χ0) is 16.9. The van der Waals surface area contributed by atoms with Crippen LogP contribution in [0, 0.1) is 5.92 Å². The van der Waals surface area contributed by atoms with Gasteiger partial charge in [-0.1, -0.05) is 30.3 Å². The number of nitrogens with two attached hydrogens (primary N) is 1. The van der Waals surface area contributed by atoms with Gasteiger partial charge < -0.3 is 15.8 Å². The molecule has 3 rings (SSSR count). The van der Waals surface area contributed by atoms with Crippen LogP contribution < -0.4 is 11.1 Å². The Balaban J connectivity index is 1.66. The first-order chi connectivity index (χ1) is 11.7. The molecule has 6 nitrogen and oxygen atoms in total. The molecule has 1 aromatic heterocycles. The van der Waals surface area contributed by atoms with E-state index in [1.165, 1.54) is 0 Å². The Labute approximate surface area is 142 Å². The second-order valence-corrected chi connectivity index (χ2v) is 6.12. The molecule has 0 bridgehead atoms. The third kappa shape index (κ3) is 3.66. The molecule has 3 atom stereocenters. The smallest absolute Gasteiger partial charge is 0.239 e. The maximum Gasteiger partial charge on any atom is 0.239 e. The number of benzene rings is 1. The van der Waals surface area contributed by atoms with Crippen LogP contribution in [0.25, 0.3) is 0 Å². The van der Waals surface area contributed by atoms with Crippen LogP contribution in [0.15, 0.2) is 42.7 Å². The summed E-state index contributed by atoms with van der Waals surface area (Å²) < 4.78 is 7.80. The molecule has 1 fully saturated rings. The van der Waals surface area contributed by atoms with Gasteiger partial charge in [0.2, 0.25) is 5.91 Å². The van der Waals surface area contributed by atoms with Crippen LogP contribution in [-0.2, 0) is 16.1 Å². The van der Waals surface area contributed by atoms with Gasteiger partial charge in [0, 0.05) is 37.4 Å². The Morgan fingerprint density at radius 1 is 1.46 bits per heavy atom. The molecule has 1 aliphatic rings. The molecular weight excluding hydrogens is 304 g/mol. The van der Waals surface area contributed by atoms with E-state index in [-0.39, 0.29) is 12.0 Å². The molecule has 2 aromatic rings. The van der Waals surface area contributed by atoms with E-state index in [4.69, 9.17) is 10.5 Å². The average molecular weight is 328 g/mol. The Kier molecular flexibility index (Phi) is 5.27. The summed E-state index contributed by atoms with van der Waals surface area (Å²) in [7, 11) is 0. The quantitative estimate of drug-likeness (QED) is 0.812. The lowest BCUT2D eigenvalue weighted by atomic mass is 9.96. The molecule has 1 amide bonds. The number of carbonyl (C=O) groups excluding carboxylic acids is 1. The fourth-order valence-electron chi connectivity index (χ4n) is 3.21. The molecule has 3 N–H and O–H groups in total. The zero-order valence-corrected chi connectivity index (χ0v) is 13.9. The summed E-state index contributed by atoms with van der Waals surface area (Å²) in [5.41, 5.74) is 7.56. The number of aryl methyl sites for hydroxylation is 1. The number of nitrogens with zero attached hydrogens (tertiary/aromatic N) is 2. The summed E-state index contributed by atoms with van der Waals surface area (Å²) in [6.45, 7) is 4.29. The first-order valence-electron chi connectivity index (χ1n) is 8.40. The molecule has 0 radical (unpaired) electrons. The lowest BCUT2D eigenvalue weighted by molar-refractivity contribution is -0.120. The van der Waals surface area contributed by atoms with Crippen molar-refractivity contribution in [3.63, 3.8) is 0 Å². The number of ether oxygens (including phenoxy) is 1. The zero-order valence-electron chi connectivity index (χ0n) is 13.9. The van der Waals surface area contributed by atoms with Gasteiger partial charge in [-0.15, -0.1) is 0 Å². The van der Waals surface area contributed by atoms with Crippen molar-refractivity contribution in [3.05, 3.63) is 53.9 Å². The molecule has 0 spiro atoms. The summed E-state index contributed by atoms with van der Waals surface area (Å²) >= 11 is 0. The van der Waals surface area contributed by atoms with Gasteiger partial charge in [0.25, 0.3) is 0 Å². The molecule has 0 aliphatic carbocycles. The lowest BCUT2D eigenvalue weighted by Gasteiger charge is -2.21. The van der Waals surface area contributed by atoms with Crippen LogP contribution in [0.3, 0.4) is 0 Å².